The smallest absolute Gasteiger partial charge is 0.0933 e. The summed E-state index contributed by atoms with van der Waals surface area (Å²) < 4.78 is 5.52. The molecule has 1 aliphatic rings. The van der Waals surface area contributed by atoms with Gasteiger partial charge in [-0.05, 0) is 12.5 Å². The quantitative estimate of drug-likeness (QED) is 0.880. The summed E-state index contributed by atoms with van der Waals surface area (Å²) in [5.74, 6) is 0. The lowest BCUT2D eigenvalue weighted by Crippen LogP contribution is -2.49. The van der Waals surface area contributed by atoms with Crippen LogP contribution in [0.2, 0.25) is 0 Å². The van der Waals surface area contributed by atoms with Crippen molar-refractivity contribution in [1.82, 2.24) is 4.90 Å². The summed E-state index contributed by atoms with van der Waals surface area (Å²) in [6, 6.07) is 10.7. The summed E-state index contributed by atoms with van der Waals surface area (Å²) in [5, 5.41) is 9.13. The Bertz CT molecular complexity index is 377. The molecule has 0 aliphatic carbocycles. The number of ether oxygens (including phenoxy) is 1. The highest BCUT2D eigenvalue weighted by molar-refractivity contribution is 5.48. The second-order valence-electron chi connectivity index (χ2n) is 4.75. The zero-order valence-corrected chi connectivity index (χ0v) is 10.8. The second kappa shape index (κ2) is 6.69. The van der Waals surface area contributed by atoms with Gasteiger partial charge in [0.1, 0.15) is 0 Å². The summed E-state index contributed by atoms with van der Waals surface area (Å²) in [6.07, 6.45) is 4.27. The van der Waals surface area contributed by atoms with Crippen LogP contribution in [-0.2, 0) is 4.74 Å². The number of hydrogen-bond acceptors (Lipinski definition) is 3. The molecule has 2 rings (SSSR count). The molecule has 1 aliphatic heterocycles. The molecule has 0 aromatic heterocycles. The summed E-state index contributed by atoms with van der Waals surface area (Å²) in [4.78, 5) is 2.34. The second-order valence-corrected chi connectivity index (χ2v) is 4.75. The van der Waals surface area contributed by atoms with Gasteiger partial charge < -0.3 is 9.84 Å². The van der Waals surface area contributed by atoms with Crippen molar-refractivity contribution in [3.63, 3.8) is 0 Å². The minimum absolute atomic E-state index is 0.0358. The van der Waals surface area contributed by atoms with Crippen LogP contribution in [0.5, 0.6) is 0 Å². The summed E-state index contributed by atoms with van der Waals surface area (Å²) >= 11 is 0. The van der Waals surface area contributed by atoms with Crippen LogP contribution >= 0.6 is 0 Å². The molecule has 1 fully saturated rings. The van der Waals surface area contributed by atoms with Crippen molar-refractivity contribution in [3.05, 3.63) is 42.0 Å². The average molecular weight is 247 g/mol. The van der Waals surface area contributed by atoms with Gasteiger partial charge in [0.25, 0.3) is 0 Å². The van der Waals surface area contributed by atoms with E-state index in [-0.39, 0.29) is 12.7 Å². The van der Waals surface area contributed by atoms with E-state index in [4.69, 9.17) is 9.84 Å². The van der Waals surface area contributed by atoms with Gasteiger partial charge in [-0.1, -0.05) is 42.5 Å². The maximum absolute atomic E-state index is 9.13. The number of morpholine rings is 1. The van der Waals surface area contributed by atoms with E-state index in [9.17, 15) is 0 Å². The molecule has 3 nitrogen and oxygen atoms in total. The predicted octanol–water partition coefficient (Wildman–Crippen LogP) is 1.78. The zero-order valence-electron chi connectivity index (χ0n) is 10.8. The minimum Gasteiger partial charge on any atom is -0.394 e. The zero-order chi connectivity index (χ0) is 12.8. The number of rotatable bonds is 4. The van der Waals surface area contributed by atoms with Gasteiger partial charge >= 0.3 is 0 Å². The van der Waals surface area contributed by atoms with Gasteiger partial charge in [0.05, 0.1) is 19.3 Å². The lowest BCUT2D eigenvalue weighted by molar-refractivity contribution is -0.0741. The van der Waals surface area contributed by atoms with Crippen molar-refractivity contribution in [2.45, 2.75) is 19.1 Å². The number of hydrogen-bond donors (Lipinski definition) is 1. The Morgan fingerprint density at radius 2 is 2.17 bits per heavy atom. The molecule has 18 heavy (non-hydrogen) atoms. The molecule has 1 N–H and O–H groups in total. The van der Waals surface area contributed by atoms with E-state index < -0.39 is 0 Å². The highest BCUT2D eigenvalue weighted by Crippen LogP contribution is 2.11. The summed E-state index contributed by atoms with van der Waals surface area (Å²) in [6.45, 7) is 4.66. The van der Waals surface area contributed by atoms with Crippen molar-refractivity contribution in [2.75, 3.05) is 26.3 Å². The van der Waals surface area contributed by atoms with Crippen LogP contribution in [-0.4, -0.2) is 48.5 Å². The Morgan fingerprint density at radius 3 is 2.89 bits per heavy atom. The van der Waals surface area contributed by atoms with E-state index in [0.29, 0.717) is 12.6 Å². The molecule has 1 aromatic carbocycles. The Hall–Kier alpha value is -1.16. The van der Waals surface area contributed by atoms with Crippen molar-refractivity contribution < 1.29 is 9.84 Å². The van der Waals surface area contributed by atoms with Crippen LogP contribution in [0.25, 0.3) is 6.08 Å². The van der Waals surface area contributed by atoms with Gasteiger partial charge in [-0.15, -0.1) is 0 Å². The first-order valence-corrected chi connectivity index (χ1v) is 6.47. The van der Waals surface area contributed by atoms with Gasteiger partial charge in [0, 0.05) is 19.1 Å². The first kappa shape index (κ1) is 13.3. The van der Waals surface area contributed by atoms with Crippen LogP contribution in [0.1, 0.15) is 12.5 Å². The lowest BCUT2D eigenvalue weighted by atomic mass is 10.2. The predicted molar refractivity (Wildman–Crippen MR) is 73.3 cm³/mol. The molecule has 0 spiro atoms. The normalized spacial score (nSPS) is 25.7. The Balaban J connectivity index is 1.87. The Morgan fingerprint density at radius 1 is 1.39 bits per heavy atom. The van der Waals surface area contributed by atoms with Gasteiger partial charge in [-0.2, -0.15) is 0 Å². The van der Waals surface area contributed by atoms with E-state index in [1.165, 1.54) is 5.56 Å². The first-order valence-electron chi connectivity index (χ1n) is 6.47. The Labute approximate surface area is 109 Å². The van der Waals surface area contributed by atoms with Gasteiger partial charge in [0.15, 0.2) is 0 Å². The molecule has 1 aromatic rings. The molecule has 1 saturated heterocycles. The number of benzene rings is 1. The van der Waals surface area contributed by atoms with Crippen molar-refractivity contribution in [3.8, 4) is 0 Å². The minimum atomic E-state index is -0.0358. The van der Waals surface area contributed by atoms with Crippen LogP contribution in [0, 0.1) is 0 Å². The van der Waals surface area contributed by atoms with E-state index >= 15 is 0 Å². The largest absolute Gasteiger partial charge is 0.394 e. The van der Waals surface area contributed by atoms with E-state index in [1.54, 1.807) is 0 Å². The molecule has 3 heteroatoms. The maximum Gasteiger partial charge on any atom is 0.0933 e. The molecule has 2 unspecified atom stereocenters. The first-order chi connectivity index (χ1) is 8.79. The van der Waals surface area contributed by atoms with Crippen LogP contribution in [0.3, 0.4) is 0 Å². The van der Waals surface area contributed by atoms with E-state index in [2.05, 4.69) is 36.1 Å². The molecule has 2 atom stereocenters. The van der Waals surface area contributed by atoms with Crippen LogP contribution in [0.15, 0.2) is 36.4 Å². The van der Waals surface area contributed by atoms with Crippen molar-refractivity contribution in [1.29, 1.82) is 0 Å². The molecular weight excluding hydrogens is 226 g/mol. The maximum atomic E-state index is 9.13. The summed E-state index contributed by atoms with van der Waals surface area (Å²) in [7, 11) is 0. The highest BCUT2D eigenvalue weighted by atomic mass is 16.5. The fourth-order valence-electron chi connectivity index (χ4n) is 2.13. The number of nitrogens with zero attached hydrogens (tertiary/aromatic N) is 1. The SMILES string of the molecule is CC1COC(CO)CN1C/C=C/c1ccccc1. The van der Waals surface area contributed by atoms with Crippen molar-refractivity contribution in [2.24, 2.45) is 0 Å². The average Bonchev–Trinajstić information content (AvgIpc) is 2.42. The monoisotopic (exact) mass is 247 g/mol. The third-order valence-electron chi connectivity index (χ3n) is 3.29. The number of aliphatic hydroxyl groups excluding tert-OH is 1. The van der Waals surface area contributed by atoms with Crippen LogP contribution in [0.4, 0.5) is 0 Å². The fraction of sp³-hybridized carbons (Fsp3) is 0.467. The van der Waals surface area contributed by atoms with Crippen molar-refractivity contribution >= 4 is 6.08 Å². The summed E-state index contributed by atoms with van der Waals surface area (Å²) in [5.41, 5.74) is 1.22. The lowest BCUT2D eigenvalue weighted by Gasteiger charge is -2.36. The van der Waals surface area contributed by atoms with Gasteiger partial charge in [-0.3, -0.25) is 4.90 Å². The molecule has 98 valence electrons. The molecular formula is C15H21NO2. The third kappa shape index (κ3) is 3.67. The number of aliphatic hydroxyl groups is 1. The topological polar surface area (TPSA) is 32.7 Å². The highest BCUT2D eigenvalue weighted by Gasteiger charge is 2.24. The molecule has 0 radical (unpaired) electrons. The molecule has 1 heterocycles. The Kier molecular flexibility index (Phi) is 4.93. The van der Waals surface area contributed by atoms with E-state index in [1.807, 2.05) is 18.2 Å². The fourth-order valence-corrected chi connectivity index (χ4v) is 2.13. The van der Waals surface area contributed by atoms with E-state index in [0.717, 1.165) is 13.1 Å². The van der Waals surface area contributed by atoms with Gasteiger partial charge in [-0.25, -0.2) is 0 Å². The molecule has 0 saturated carbocycles. The van der Waals surface area contributed by atoms with Crippen LogP contribution < -0.4 is 0 Å². The molecule has 0 amide bonds. The van der Waals surface area contributed by atoms with Gasteiger partial charge in [0.2, 0.25) is 0 Å². The molecule has 0 bridgehead atoms. The standard InChI is InChI=1S/C15H21NO2/c1-13-12-18-15(11-17)10-16(13)9-5-8-14-6-3-2-4-7-14/h2-8,13,15,17H,9-12H2,1H3/b8-5+. The third-order valence-corrected chi connectivity index (χ3v) is 3.29.